The Morgan fingerprint density at radius 2 is 2.05 bits per heavy atom. The summed E-state index contributed by atoms with van der Waals surface area (Å²) in [4.78, 5) is 20.1. The van der Waals surface area contributed by atoms with Gasteiger partial charge in [0.2, 0.25) is 5.76 Å². The van der Waals surface area contributed by atoms with Crippen molar-refractivity contribution in [2.24, 2.45) is 0 Å². The smallest absolute Gasteiger partial charge is 0.291 e. The molecule has 1 N–H and O–H groups in total. The van der Waals surface area contributed by atoms with Crippen LogP contribution in [0.4, 0.5) is 0 Å². The number of aromatic nitrogens is 1. The zero-order chi connectivity index (χ0) is 14.0. The molecule has 1 saturated heterocycles. The Hall–Kier alpha value is -1.40. The molecule has 0 saturated carbocycles. The zero-order valence-electron chi connectivity index (χ0n) is 11.7. The molecule has 0 radical (unpaired) electrons. The van der Waals surface area contributed by atoms with Crippen LogP contribution < -0.4 is 0 Å². The van der Waals surface area contributed by atoms with Crippen LogP contribution in [0.5, 0.6) is 0 Å². The van der Waals surface area contributed by atoms with E-state index in [-0.39, 0.29) is 5.91 Å². The third-order valence-corrected chi connectivity index (χ3v) is 3.21. The molecule has 0 bridgehead atoms. The summed E-state index contributed by atoms with van der Waals surface area (Å²) in [7, 11) is 0. The molecule has 0 aromatic carbocycles. The standard InChI is InChI=1S/C13H21N3O3/c1-10-11(19-9-14-10)12(17)16-6-4-15(5-7-16)8-13(2,3)18/h9,18H,4-8H2,1-3H3. The summed E-state index contributed by atoms with van der Waals surface area (Å²) in [6.07, 6.45) is 1.30. The second kappa shape index (κ2) is 5.30. The van der Waals surface area contributed by atoms with Crippen LogP contribution >= 0.6 is 0 Å². The highest BCUT2D eigenvalue weighted by atomic mass is 16.3. The zero-order valence-corrected chi connectivity index (χ0v) is 11.7. The molecule has 1 amide bonds. The molecule has 19 heavy (non-hydrogen) atoms. The number of piperazine rings is 1. The van der Waals surface area contributed by atoms with Gasteiger partial charge in [-0.3, -0.25) is 9.69 Å². The number of amides is 1. The van der Waals surface area contributed by atoms with Crippen molar-refractivity contribution in [3.63, 3.8) is 0 Å². The third kappa shape index (κ3) is 3.54. The van der Waals surface area contributed by atoms with Gasteiger partial charge in [0, 0.05) is 32.7 Å². The number of aryl methyl sites for hydroxylation is 1. The number of hydrogen-bond acceptors (Lipinski definition) is 5. The van der Waals surface area contributed by atoms with Crippen molar-refractivity contribution in [1.82, 2.24) is 14.8 Å². The summed E-state index contributed by atoms with van der Waals surface area (Å²) in [5.74, 6) is 0.230. The first-order chi connectivity index (χ1) is 8.87. The van der Waals surface area contributed by atoms with Gasteiger partial charge in [0.05, 0.1) is 11.3 Å². The Balaban J connectivity index is 1.90. The first kappa shape index (κ1) is 14.0. The fraction of sp³-hybridized carbons (Fsp3) is 0.692. The number of carbonyl (C=O) groups excluding carboxylic acids is 1. The third-order valence-electron chi connectivity index (χ3n) is 3.21. The largest absolute Gasteiger partial charge is 0.438 e. The molecule has 0 atom stereocenters. The van der Waals surface area contributed by atoms with E-state index in [2.05, 4.69) is 9.88 Å². The normalized spacial score (nSPS) is 17.8. The van der Waals surface area contributed by atoms with Gasteiger partial charge in [0.25, 0.3) is 5.91 Å². The predicted octanol–water partition coefficient (Wildman–Crippen LogP) is 0.512. The maximum atomic E-state index is 12.2. The van der Waals surface area contributed by atoms with Crippen molar-refractivity contribution in [3.8, 4) is 0 Å². The average Bonchev–Trinajstić information content (AvgIpc) is 2.73. The number of carbonyl (C=O) groups is 1. The topological polar surface area (TPSA) is 69.8 Å². The van der Waals surface area contributed by atoms with Crippen molar-refractivity contribution in [1.29, 1.82) is 0 Å². The second-order valence-corrected chi connectivity index (χ2v) is 5.65. The fourth-order valence-corrected chi connectivity index (χ4v) is 2.31. The van der Waals surface area contributed by atoms with Crippen molar-refractivity contribution >= 4 is 5.91 Å². The molecule has 1 aliphatic heterocycles. The van der Waals surface area contributed by atoms with E-state index in [0.29, 0.717) is 31.1 Å². The summed E-state index contributed by atoms with van der Waals surface area (Å²) >= 11 is 0. The number of β-amino-alcohol motifs (C(OH)–C–C–N with tert-alkyl or cyclic N) is 1. The van der Waals surface area contributed by atoms with Crippen molar-refractivity contribution in [2.45, 2.75) is 26.4 Å². The molecule has 6 heteroatoms. The SMILES string of the molecule is Cc1ncoc1C(=O)N1CCN(CC(C)(C)O)CC1. The Labute approximate surface area is 113 Å². The molecule has 0 aliphatic carbocycles. The molecule has 1 aromatic rings. The van der Waals surface area contributed by atoms with Gasteiger partial charge in [0.15, 0.2) is 6.39 Å². The Bertz CT molecular complexity index is 442. The van der Waals surface area contributed by atoms with Gasteiger partial charge in [0.1, 0.15) is 0 Å². The summed E-state index contributed by atoms with van der Waals surface area (Å²) in [6, 6.07) is 0. The van der Waals surface area contributed by atoms with Crippen LogP contribution in [0.1, 0.15) is 30.1 Å². The van der Waals surface area contributed by atoms with Gasteiger partial charge < -0.3 is 14.4 Å². The lowest BCUT2D eigenvalue weighted by Crippen LogP contribution is -2.52. The van der Waals surface area contributed by atoms with Gasteiger partial charge in [-0.05, 0) is 20.8 Å². The highest BCUT2D eigenvalue weighted by molar-refractivity contribution is 5.92. The van der Waals surface area contributed by atoms with E-state index < -0.39 is 5.60 Å². The maximum absolute atomic E-state index is 12.2. The van der Waals surface area contributed by atoms with E-state index in [9.17, 15) is 9.90 Å². The van der Waals surface area contributed by atoms with Crippen LogP contribution in [0.15, 0.2) is 10.8 Å². The van der Waals surface area contributed by atoms with Crippen LogP contribution in [0, 0.1) is 6.92 Å². The van der Waals surface area contributed by atoms with E-state index in [1.54, 1.807) is 25.7 Å². The number of nitrogens with zero attached hydrogens (tertiary/aromatic N) is 3. The van der Waals surface area contributed by atoms with Crippen molar-refractivity contribution < 1.29 is 14.3 Å². The fourth-order valence-electron chi connectivity index (χ4n) is 2.31. The summed E-state index contributed by atoms with van der Waals surface area (Å²) in [5, 5.41) is 9.79. The molecule has 6 nitrogen and oxygen atoms in total. The molecule has 1 aromatic heterocycles. The molecular weight excluding hydrogens is 246 g/mol. The molecular formula is C13H21N3O3. The second-order valence-electron chi connectivity index (χ2n) is 5.65. The average molecular weight is 267 g/mol. The van der Waals surface area contributed by atoms with Gasteiger partial charge >= 0.3 is 0 Å². The van der Waals surface area contributed by atoms with E-state index in [4.69, 9.17) is 4.42 Å². The minimum absolute atomic E-state index is 0.0992. The Morgan fingerprint density at radius 1 is 1.42 bits per heavy atom. The number of oxazole rings is 1. The highest BCUT2D eigenvalue weighted by Gasteiger charge is 2.27. The van der Waals surface area contributed by atoms with Crippen LogP contribution in [-0.4, -0.2) is 64.1 Å². The molecule has 1 aliphatic rings. The monoisotopic (exact) mass is 267 g/mol. The minimum Gasteiger partial charge on any atom is -0.438 e. The van der Waals surface area contributed by atoms with Gasteiger partial charge in [-0.15, -0.1) is 0 Å². The van der Waals surface area contributed by atoms with Crippen molar-refractivity contribution in [3.05, 3.63) is 17.8 Å². The minimum atomic E-state index is -0.701. The number of aliphatic hydroxyl groups is 1. The van der Waals surface area contributed by atoms with Crippen LogP contribution in [0.2, 0.25) is 0 Å². The van der Waals surface area contributed by atoms with Crippen LogP contribution in [0.3, 0.4) is 0 Å². The number of rotatable bonds is 3. The number of hydrogen-bond donors (Lipinski definition) is 1. The molecule has 2 rings (SSSR count). The van der Waals surface area contributed by atoms with Gasteiger partial charge in [-0.25, -0.2) is 4.98 Å². The summed E-state index contributed by atoms with van der Waals surface area (Å²) in [5.41, 5.74) is -0.0721. The lowest BCUT2D eigenvalue weighted by Gasteiger charge is -2.36. The van der Waals surface area contributed by atoms with Crippen molar-refractivity contribution in [2.75, 3.05) is 32.7 Å². The summed E-state index contributed by atoms with van der Waals surface area (Å²) < 4.78 is 5.13. The molecule has 0 spiro atoms. The van der Waals surface area contributed by atoms with Crippen LogP contribution in [0.25, 0.3) is 0 Å². The first-order valence-electron chi connectivity index (χ1n) is 6.51. The van der Waals surface area contributed by atoms with Gasteiger partial charge in [-0.2, -0.15) is 0 Å². The maximum Gasteiger partial charge on any atom is 0.291 e. The molecule has 1 fully saturated rings. The molecule has 106 valence electrons. The first-order valence-corrected chi connectivity index (χ1v) is 6.51. The van der Waals surface area contributed by atoms with E-state index in [1.807, 2.05) is 0 Å². The van der Waals surface area contributed by atoms with E-state index in [1.165, 1.54) is 6.39 Å². The molecule has 0 unspecified atom stereocenters. The predicted molar refractivity (Wildman–Crippen MR) is 69.9 cm³/mol. The molecule has 2 heterocycles. The van der Waals surface area contributed by atoms with E-state index >= 15 is 0 Å². The Morgan fingerprint density at radius 3 is 2.53 bits per heavy atom. The van der Waals surface area contributed by atoms with E-state index in [0.717, 1.165) is 13.1 Å². The quantitative estimate of drug-likeness (QED) is 0.864. The Kier molecular flexibility index (Phi) is 3.91. The highest BCUT2D eigenvalue weighted by Crippen LogP contribution is 2.13. The lowest BCUT2D eigenvalue weighted by atomic mass is 10.1. The summed E-state index contributed by atoms with van der Waals surface area (Å²) in [6.45, 7) is 8.80. The lowest BCUT2D eigenvalue weighted by molar-refractivity contribution is 0.0171. The van der Waals surface area contributed by atoms with Crippen LogP contribution in [-0.2, 0) is 0 Å². The van der Waals surface area contributed by atoms with Gasteiger partial charge in [-0.1, -0.05) is 0 Å².